The highest BCUT2D eigenvalue weighted by Gasteiger charge is 2.29. The van der Waals surface area contributed by atoms with Crippen molar-refractivity contribution in [3.63, 3.8) is 0 Å². The summed E-state index contributed by atoms with van der Waals surface area (Å²) >= 11 is 0. The number of allylic oxidation sites excluding steroid dienone is 1. The van der Waals surface area contributed by atoms with E-state index >= 15 is 0 Å². The highest BCUT2D eigenvalue weighted by molar-refractivity contribution is 6.05. The zero-order chi connectivity index (χ0) is 23.0. The third-order valence-electron chi connectivity index (χ3n) is 6.32. The van der Waals surface area contributed by atoms with Gasteiger partial charge in [-0.3, -0.25) is 14.6 Å². The average Bonchev–Trinajstić information content (AvgIpc) is 2.84. The molecule has 4 nitrogen and oxygen atoms in total. The molecule has 1 heterocycles. The summed E-state index contributed by atoms with van der Waals surface area (Å²) in [4.78, 5) is 28.5. The number of rotatable bonds is 4. The largest absolute Gasteiger partial charge is 0.322 e. The first-order valence-electron chi connectivity index (χ1n) is 11.0. The molecule has 1 aromatic heterocycles. The number of hydrogen-bond acceptors (Lipinski definition) is 3. The molecule has 5 rings (SSSR count). The van der Waals surface area contributed by atoms with Crippen LogP contribution >= 0.6 is 0 Å². The van der Waals surface area contributed by atoms with E-state index in [-0.39, 0.29) is 11.3 Å². The Morgan fingerprint density at radius 1 is 1.00 bits per heavy atom. The number of nitrogens with zero attached hydrogens (tertiary/aromatic N) is 1. The van der Waals surface area contributed by atoms with Gasteiger partial charge in [-0.2, -0.15) is 0 Å². The lowest BCUT2D eigenvalue weighted by Gasteiger charge is -2.32. The molecule has 0 bridgehead atoms. The molecule has 1 aliphatic carbocycles. The Morgan fingerprint density at radius 3 is 2.58 bits per heavy atom. The molecular weight excluding hydrogens is 408 g/mol. The number of amides is 1. The molecule has 0 spiro atoms. The molecule has 4 aromatic rings. The molecule has 3 aromatic carbocycles. The summed E-state index contributed by atoms with van der Waals surface area (Å²) in [6.07, 6.45) is 5.87. The maximum absolute atomic E-state index is 13.0. The van der Waals surface area contributed by atoms with Crippen molar-refractivity contribution in [3.8, 4) is 0 Å². The van der Waals surface area contributed by atoms with E-state index in [2.05, 4.69) is 48.4 Å². The van der Waals surface area contributed by atoms with Crippen molar-refractivity contribution < 1.29 is 9.59 Å². The van der Waals surface area contributed by atoms with Gasteiger partial charge in [-0.25, -0.2) is 0 Å². The lowest BCUT2D eigenvalue weighted by Crippen LogP contribution is -2.23. The van der Waals surface area contributed by atoms with E-state index in [1.165, 1.54) is 5.56 Å². The van der Waals surface area contributed by atoms with Crippen LogP contribution < -0.4 is 5.32 Å². The molecule has 0 unspecified atom stereocenters. The number of fused-ring (bicyclic) bond motifs is 2. The van der Waals surface area contributed by atoms with E-state index in [4.69, 9.17) is 0 Å². The van der Waals surface area contributed by atoms with E-state index in [9.17, 15) is 9.59 Å². The van der Waals surface area contributed by atoms with Crippen molar-refractivity contribution >= 4 is 34.4 Å². The van der Waals surface area contributed by atoms with Crippen molar-refractivity contribution in [2.24, 2.45) is 0 Å². The molecule has 4 heteroatoms. The lowest BCUT2D eigenvalue weighted by atomic mass is 9.72. The fraction of sp³-hybridized carbons (Fsp3) is 0.138. The van der Waals surface area contributed by atoms with Crippen LogP contribution in [0, 0.1) is 0 Å². The van der Waals surface area contributed by atoms with Crippen molar-refractivity contribution in [3.05, 3.63) is 113 Å². The predicted molar refractivity (Wildman–Crippen MR) is 133 cm³/mol. The predicted octanol–water partition coefficient (Wildman–Crippen LogP) is 6.41. The van der Waals surface area contributed by atoms with Crippen LogP contribution in [-0.4, -0.2) is 17.2 Å². The molecule has 162 valence electrons. The minimum Gasteiger partial charge on any atom is -0.322 e. The number of pyridine rings is 1. The van der Waals surface area contributed by atoms with E-state index in [0.29, 0.717) is 16.8 Å². The number of anilines is 1. The number of para-hydroxylation sites is 1. The van der Waals surface area contributed by atoms with Crippen LogP contribution in [0.4, 0.5) is 5.69 Å². The monoisotopic (exact) mass is 432 g/mol. The Labute approximate surface area is 193 Å². The van der Waals surface area contributed by atoms with Crippen molar-refractivity contribution in [1.82, 2.24) is 4.98 Å². The Morgan fingerprint density at radius 2 is 1.79 bits per heavy atom. The van der Waals surface area contributed by atoms with Gasteiger partial charge in [0.1, 0.15) is 6.29 Å². The molecule has 33 heavy (non-hydrogen) atoms. The first-order valence-corrected chi connectivity index (χ1v) is 11.0. The van der Waals surface area contributed by atoms with Crippen LogP contribution in [0.5, 0.6) is 0 Å². The Bertz CT molecular complexity index is 1420. The van der Waals surface area contributed by atoms with Crippen LogP contribution in [0.2, 0.25) is 0 Å². The van der Waals surface area contributed by atoms with Gasteiger partial charge in [0, 0.05) is 34.0 Å². The fourth-order valence-corrected chi connectivity index (χ4v) is 4.42. The molecule has 0 saturated carbocycles. The molecule has 1 aliphatic rings. The van der Waals surface area contributed by atoms with Gasteiger partial charge >= 0.3 is 0 Å². The number of aldehydes is 1. The Balaban J connectivity index is 1.53. The maximum Gasteiger partial charge on any atom is 0.255 e. The van der Waals surface area contributed by atoms with Gasteiger partial charge in [0.2, 0.25) is 0 Å². The number of nitrogens with one attached hydrogen (secondary N) is 1. The van der Waals surface area contributed by atoms with Gasteiger partial charge < -0.3 is 5.32 Å². The lowest BCUT2D eigenvalue weighted by molar-refractivity contribution is 0.102. The fourth-order valence-electron chi connectivity index (χ4n) is 4.42. The second-order valence-corrected chi connectivity index (χ2v) is 9.08. The minimum absolute atomic E-state index is 0.0250. The average molecular weight is 433 g/mol. The van der Waals surface area contributed by atoms with E-state index in [1.54, 1.807) is 24.3 Å². The standard InChI is InChI=1S/C29H24N2O2/c1-29(2)14-13-24(22-15-20-5-3-4-6-27(20)30-17-22)25-16-21(9-12-26(25)29)28(33)31-23-10-7-19(18-32)8-11-23/h3-13,15-18H,14H2,1-2H3,(H,31,33). The zero-order valence-electron chi connectivity index (χ0n) is 18.6. The molecule has 1 N–H and O–H groups in total. The summed E-state index contributed by atoms with van der Waals surface area (Å²) in [5, 5.41) is 4.02. The number of aromatic nitrogens is 1. The second-order valence-electron chi connectivity index (χ2n) is 9.08. The maximum atomic E-state index is 13.0. The highest BCUT2D eigenvalue weighted by Crippen LogP contribution is 2.42. The molecule has 0 radical (unpaired) electrons. The number of carbonyl (C=O) groups is 2. The van der Waals surface area contributed by atoms with Crippen LogP contribution in [0.3, 0.4) is 0 Å². The number of benzene rings is 3. The molecule has 0 aliphatic heterocycles. The van der Waals surface area contributed by atoms with Crippen LogP contribution in [0.1, 0.15) is 57.7 Å². The quantitative estimate of drug-likeness (QED) is 0.379. The molecule has 1 amide bonds. The molecule has 0 atom stereocenters. The highest BCUT2D eigenvalue weighted by atomic mass is 16.1. The summed E-state index contributed by atoms with van der Waals surface area (Å²) < 4.78 is 0. The normalized spacial score (nSPS) is 14.3. The van der Waals surface area contributed by atoms with Crippen molar-refractivity contribution in [1.29, 1.82) is 0 Å². The van der Waals surface area contributed by atoms with Crippen molar-refractivity contribution in [2.75, 3.05) is 5.32 Å². The van der Waals surface area contributed by atoms with Crippen LogP contribution in [-0.2, 0) is 5.41 Å². The molecule has 0 saturated heterocycles. The topological polar surface area (TPSA) is 59.1 Å². The van der Waals surface area contributed by atoms with E-state index in [0.717, 1.165) is 40.3 Å². The minimum atomic E-state index is -0.184. The first kappa shape index (κ1) is 20.8. The summed E-state index contributed by atoms with van der Waals surface area (Å²) in [5.41, 5.74) is 7.19. The molecular formula is C29H24N2O2. The van der Waals surface area contributed by atoms with Gasteiger partial charge in [-0.1, -0.05) is 44.2 Å². The van der Waals surface area contributed by atoms with Gasteiger partial charge in [0.05, 0.1) is 5.52 Å². The summed E-state index contributed by atoms with van der Waals surface area (Å²) in [6.45, 7) is 4.46. The van der Waals surface area contributed by atoms with E-state index < -0.39 is 0 Å². The van der Waals surface area contributed by atoms with E-state index in [1.807, 2.05) is 36.5 Å². The first-order chi connectivity index (χ1) is 15.9. The summed E-state index contributed by atoms with van der Waals surface area (Å²) in [6, 6.07) is 23.0. The molecule has 0 fully saturated rings. The van der Waals surface area contributed by atoms with Gasteiger partial charge in [-0.05, 0) is 77.1 Å². The van der Waals surface area contributed by atoms with Gasteiger partial charge in [0.15, 0.2) is 0 Å². The van der Waals surface area contributed by atoms with Gasteiger partial charge in [-0.15, -0.1) is 0 Å². The van der Waals surface area contributed by atoms with Crippen molar-refractivity contribution in [2.45, 2.75) is 25.7 Å². The number of carbonyl (C=O) groups excluding carboxylic acids is 2. The SMILES string of the molecule is CC1(C)CC=C(c2cnc3ccccc3c2)c2cc(C(=O)Nc3ccc(C=O)cc3)ccc21. The third kappa shape index (κ3) is 3.96. The van der Waals surface area contributed by atoms with Crippen LogP contribution in [0.25, 0.3) is 16.5 Å². The van der Waals surface area contributed by atoms with Crippen LogP contribution in [0.15, 0.2) is 85.1 Å². The summed E-state index contributed by atoms with van der Waals surface area (Å²) in [5.74, 6) is -0.184. The summed E-state index contributed by atoms with van der Waals surface area (Å²) in [7, 11) is 0. The van der Waals surface area contributed by atoms with Gasteiger partial charge in [0.25, 0.3) is 5.91 Å². The second kappa shape index (κ2) is 8.14. The Kier molecular flexibility index (Phi) is 5.14. The Hall–Kier alpha value is -4.05. The number of hydrogen-bond donors (Lipinski definition) is 1. The third-order valence-corrected chi connectivity index (χ3v) is 6.32. The smallest absolute Gasteiger partial charge is 0.255 e. The zero-order valence-corrected chi connectivity index (χ0v) is 18.6.